The molecule has 0 aromatic heterocycles. The summed E-state index contributed by atoms with van der Waals surface area (Å²) in [6.45, 7) is 0.231. The van der Waals surface area contributed by atoms with Gasteiger partial charge < -0.3 is 15.0 Å². The molecule has 146 valence electrons. The highest BCUT2D eigenvalue weighted by molar-refractivity contribution is 6.04. The molecule has 1 atom stereocenters. The van der Waals surface area contributed by atoms with Crippen molar-refractivity contribution in [2.45, 2.75) is 6.42 Å². The number of para-hydroxylation sites is 3. The van der Waals surface area contributed by atoms with E-state index in [1.165, 1.54) is 18.2 Å². The summed E-state index contributed by atoms with van der Waals surface area (Å²) in [6, 6.07) is 22.2. The first-order valence-corrected chi connectivity index (χ1v) is 9.29. The first-order valence-electron chi connectivity index (χ1n) is 9.29. The average Bonchev–Trinajstić information content (AvgIpc) is 3.11. The van der Waals surface area contributed by atoms with Gasteiger partial charge in [-0.15, -0.1) is 0 Å². The van der Waals surface area contributed by atoms with Crippen LogP contribution in [-0.2, 0) is 9.59 Å². The number of benzene rings is 3. The fourth-order valence-corrected chi connectivity index (χ4v) is 3.31. The quantitative estimate of drug-likeness (QED) is 0.692. The summed E-state index contributed by atoms with van der Waals surface area (Å²) in [4.78, 5) is 26.8. The van der Waals surface area contributed by atoms with Gasteiger partial charge in [0.1, 0.15) is 11.6 Å². The van der Waals surface area contributed by atoms with Crippen LogP contribution in [0.25, 0.3) is 0 Å². The summed E-state index contributed by atoms with van der Waals surface area (Å²) in [5.41, 5.74) is 0.983. The SMILES string of the molecule is O=C(Nc1cccc(F)c1)C1CC(=O)N(c2ccccc2Oc2ccccc2)C1. The molecule has 0 spiro atoms. The number of nitrogens with one attached hydrogen (secondary N) is 1. The number of rotatable bonds is 5. The molecule has 1 aliphatic rings. The highest BCUT2D eigenvalue weighted by Crippen LogP contribution is 2.35. The Kier molecular flexibility index (Phi) is 5.24. The van der Waals surface area contributed by atoms with Crippen LogP contribution < -0.4 is 15.0 Å². The summed E-state index contributed by atoms with van der Waals surface area (Å²) < 4.78 is 19.3. The number of anilines is 2. The smallest absolute Gasteiger partial charge is 0.229 e. The van der Waals surface area contributed by atoms with Gasteiger partial charge >= 0.3 is 0 Å². The Balaban J connectivity index is 1.50. The van der Waals surface area contributed by atoms with E-state index in [9.17, 15) is 14.0 Å². The van der Waals surface area contributed by atoms with Gasteiger partial charge in [-0.2, -0.15) is 0 Å². The third kappa shape index (κ3) is 4.27. The Morgan fingerprint density at radius 2 is 1.76 bits per heavy atom. The second kappa shape index (κ2) is 8.14. The van der Waals surface area contributed by atoms with Crippen molar-refractivity contribution in [1.29, 1.82) is 0 Å². The van der Waals surface area contributed by atoms with E-state index in [1.807, 2.05) is 42.5 Å². The lowest BCUT2D eigenvalue weighted by Gasteiger charge is -2.20. The standard InChI is InChI=1S/C23H19FN2O3/c24-17-7-6-8-18(14-17)25-23(28)16-13-22(27)26(15-16)20-11-4-5-12-21(20)29-19-9-2-1-3-10-19/h1-12,14,16H,13,15H2,(H,25,28). The highest BCUT2D eigenvalue weighted by Gasteiger charge is 2.36. The number of hydrogen-bond donors (Lipinski definition) is 1. The molecule has 3 aromatic carbocycles. The fourth-order valence-electron chi connectivity index (χ4n) is 3.31. The summed E-state index contributed by atoms with van der Waals surface area (Å²) in [5.74, 6) is -0.235. The molecule has 1 heterocycles. The number of nitrogens with zero attached hydrogens (tertiary/aromatic N) is 1. The summed E-state index contributed by atoms with van der Waals surface area (Å²) in [5, 5.41) is 2.68. The molecule has 2 amide bonds. The predicted octanol–water partition coefficient (Wildman–Crippen LogP) is 4.61. The molecule has 1 saturated heterocycles. The van der Waals surface area contributed by atoms with Crippen molar-refractivity contribution in [2.75, 3.05) is 16.8 Å². The lowest BCUT2D eigenvalue weighted by atomic mass is 10.1. The van der Waals surface area contributed by atoms with Crippen LogP contribution in [0, 0.1) is 11.7 Å². The molecule has 0 saturated carbocycles. The molecule has 6 heteroatoms. The van der Waals surface area contributed by atoms with Gasteiger partial charge in [-0.05, 0) is 42.5 Å². The zero-order valence-corrected chi connectivity index (χ0v) is 15.5. The number of ether oxygens (including phenoxy) is 1. The van der Waals surface area contributed by atoms with Crippen molar-refractivity contribution in [3.05, 3.63) is 84.7 Å². The van der Waals surface area contributed by atoms with E-state index in [0.29, 0.717) is 22.9 Å². The van der Waals surface area contributed by atoms with E-state index in [-0.39, 0.29) is 24.8 Å². The third-order valence-corrected chi connectivity index (χ3v) is 4.72. The van der Waals surface area contributed by atoms with E-state index in [4.69, 9.17) is 4.74 Å². The Morgan fingerprint density at radius 3 is 2.55 bits per heavy atom. The van der Waals surface area contributed by atoms with Crippen LogP contribution in [0.1, 0.15) is 6.42 Å². The maximum Gasteiger partial charge on any atom is 0.229 e. The average molecular weight is 390 g/mol. The fraction of sp³-hybridized carbons (Fsp3) is 0.130. The van der Waals surface area contributed by atoms with Gasteiger partial charge in [0.2, 0.25) is 11.8 Å². The first-order chi connectivity index (χ1) is 14.1. The molecule has 29 heavy (non-hydrogen) atoms. The van der Waals surface area contributed by atoms with Crippen molar-refractivity contribution in [3.63, 3.8) is 0 Å². The van der Waals surface area contributed by atoms with Gasteiger partial charge in [-0.25, -0.2) is 4.39 Å². The van der Waals surface area contributed by atoms with E-state index < -0.39 is 11.7 Å². The Labute approximate surface area is 167 Å². The molecule has 1 fully saturated rings. The highest BCUT2D eigenvalue weighted by atomic mass is 19.1. The summed E-state index contributed by atoms with van der Waals surface area (Å²) in [6.07, 6.45) is 0.0841. The second-order valence-electron chi connectivity index (χ2n) is 6.79. The van der Waals surface area contributed by atoms with Gasteiger partial charge in [-0.1, -0.05) is 36.4 Å². The summed E-state index contributed by atoms with van der Waals surface area (Å²) in [7, 11) is 0. The molecule has 5 nitrogen and oxygen atoms in total. The molecule has 1 aliphatic heterocycles. The Bertz CT molecular complexity index is 1040. The number of carbonyl (C=O) groups is 2. The maximum atomic E-state index is 13.3. The van der Waals surface area contributed by atoms with Gasteiger partial charge in [0.15, 0.2) is 5.75 Å². The Hall–Kier alpha value is -3.67. The van der Waals surface area contributed by atoms with E-state index >= 15 is 0 Å². The predicted molar refractivity (Wildman–Crippen MR) is 108 cm³/mol. The summed E-state index contributed by atoms with van der Waals surface area (Å²) >= 11 is 0. The zero-order valence-electron chi connectivity index (χ0n) is 15.5. The minimum absolute atomic E-state index is 0.0841. The van der Waals surface area contributed by atoms with Crippen molar-refractivity contribution in [2.24, 2.45) is 5.92 Å². The van der Waals surface area contributed by atoms with E-state index in [0.717, 1.165) is 0 Å². The molecule has 0 aliphatic carbocycles. The van der Waals surface area contributed by atoms with Gasteiger partial charge in [0.25, 0.3) is 0 Å². The molecule has 1 N–H and O–H groups in total. The van der Waals surface area contributed by atoms with Gasteiger partial charge in [0, 0.05) is 18.7 Å². The minimum atomic E-state index is -0.532. The third-order valence-electron chi connectivity index (χ3n) is 4.72. The number of amides is 2. The van der Waals surface area contributed by atoms with Crippen LogP contribution in [0.5, 0.6) is 11.5 Å². The lowest BCUT2D eigenvalue weighted by Crippen LogP contribution is -2.28. The van der Waals surface area contributed by atoms with E-state index in [1.54, 1.807) is 23.1 Å². The largest absolute Gasteiger partial charge is 0.455 e. The van der Waals surface area contributed by atoms with Crippen LogP contribution in [-0.4, -0.2) is 18.4 Å². The molecule has 3 aromatic rings. The second-order valence-corrected chi connectivity index (χ2v) is 6.79. The van der Waals surface area contributed by atoms with Crippen molar-refractivity contribution in [1.82, 2.24) is 0 Å². The molecule has 0 radical (unpaired) electrons. The van der Waals surface area contributed by atoms with Crippen molar-refractivity contribution < 1.29 is 18.7 Å². The van der Waals surface area contributed by atoms with Crippen LogP contribution in [0.15, 0.2) is 78.9 Å². The molecule has 4 rings (SSSR count). The zero-order chi connectivity index (χ0) is 20.2. The van der Waals surface area contributed by atoms with Crippen LogP contribution >= 0.6 is 0 Å². The molecule has 1 unspecified atom stereocenters. The minimum Gasteiger partial charge on any atom is -0.455 e. The van der Waals surface area contributed by atoms with Crippen LogP contribution in [0.2, 0.25) is 0 Å². The molecular weight excluding hydrogens is 371 g/mol. The van der Waals surface area contributed by atoms with Gasteiger partial charge in [0.05, 0.1) is 11.6 Å². The maximum absolute atomic E-state index is 13.3. The van der Waals surface area contributed by atoms with E-state index in [2.05, 4.69) is 5.32 Å². The van der Waals surface area contributed by atoms with Gasteiger partial charge in [-0.3, -0.25) is 9.59 Å². The number of halogens is 1. The van der Waals surface area contributed by atoms with Crippen molar-refractivity contribution in [3.8, 4) is 11.5 Å². The molecule has 0 bridgehead atoms. The first kappa shape index (κ1) is 18.7. The molecular formula is C23H19FN2O3. The van der Waals surface area contributed by atoms with Crippen molar-refractivity contribution >= 4 is 23.2 Å². The lowest BCUT2D eigenvalue weighted by molar-refractivity contribution is -0.122. The number of hydrogen-bond acceptors (Lipinski definition) is 3. The van der Waals surface area contributed by atoms with Crippen LogP contribution in [0.4, 0.5) is 15.8 Å². The Morgan fingerprint density at radius 1 is 1.00 bits per heavy atom. The monoisotopic (exact) mass is 390 g/mol. The van der Waals surface area contributed by atoms with Crippen LogP contribution in [0.3, 0.4) is 0 Å². The number of carbonyl (C=O) groups excluding carboxylic acids is 2. The topological polar surface area (TPSA) is 58.6 Å². The normalized spacial score (nSPS) is 16.0.